The fourth-order valence-electron chi connectivity index (χ4n) is 4.01. The molecule has 4 rings (SSSR count). The quantitative estimate of drug-likeness (QED) is 0.457. The highest BCUT2D eigenvalue weighted by molar-refractivity contribution is 7.17. The lowest BCUT2D eigenvalue weighted by molar-refractivity contribution is 0.0913. The van der Waals surface area contributed by atoms with E-state index in [0.29, 0.717) is 10.9 Å². The highest BCUT2D eigenvalue weighted by Gasteiger charge is 2.22. The molecule has 162 valence electrons. The average molecular weight is 453 g/mol. The maximum Gasteiger partial charge on any atom is 0.261 e. The van der Waals surface area contributed by atoms with Crippen LogP contribution in [0, 0.1) is 0 Å². The summed E-state index contributed by atoms with van der Waals surface area (Å²) in [6.07, 6.45) is 1.98. The third-order valence-electron chi connectivity index (χ3n) is 5.91. The number of carbonyl (C=O) groups excluding carboxylic acids is 1. The Labute approximate surface area is 194 Å². The minimum absolute atomic E-state index is 0.0287. The molecule has 3 aromatic rings. The van der Waals surface area contributed by atoms with Gasteiger partial charge in [-0.15, -0.1) is 11.3 Å². The summed E-state index contributed by atoms with van der Waals surface area (Å²) in [4.78, 5) is 17.0. The van der Waals surface area contributed by atoms with E-state index in [9.17, 15) is 4.79 Å². The number of nitrogens with zero attached hydrogens (tertiary/aromatic N) is 1. The van der Waals surface area contributed by atoms with Crippen LogP contribution in [0.15, 0.2) is 60.7 Å². The number of hydrogen-bond donors (Lipinski definition) is 1. The van der Waals surface area contributed by atoms with Crippen LogP contribution in [0.2, 0.25) is 5.02 Å². The number of benzene rings is 2. The average Bonchev–Trinajstić information content (AvgIpc) is 3.26. The van der Waals surface area contributed by atoms with Crippen molar-refractivity contribution in [2.24, 2.45) is 0 Å². The summed E-state index contributed by atoms with van der Waals surface area (Å²) in [6.45, 7) is 7.45. The molecule has 0 radical (unpaired) electrons. The number of thiophene rings is 1. The molecule has 31 heavy (non-hydrogen) atoms. The summed E-state index contributed by atoms with van der Waals surface area (Å²) in [5.41, 5.74) is 3.79. The van der Waals surface area contributed by atoms with Gasteiger partial charge in [0.1, 0.15) is 0 Å². The van der Waals surface area contributed by atoms with Gasteiger partial charge in [-0.25, -0.2) is 0 Å². The zero-order chi connectivity index (χ0) is 21.8. The van der Waals surface area contributed by atoms with Gasteiger partial charge < -0.3 is 5.32 Å². The minimum atomic E-state index is 0.0287. The first-order valence-electron chi connectivity index (χ1n) is 11.0. The Morgan fingerprint density at radius 1 is 1.10 bits per heavy atom. The molecule has 0 bridgehead atoms. The van der Waals surface area contributed by atoms with Crippen molar-refractivity contribution in [3.63, 3.8) is 0 Å². The van der Waals surface area contributed by atoms with E-state index in [1.807, 2.05) is 36.4 Å². The Kier molecular flexibility index (Phi) is 7.11. The van der Waals surface area contributed by atoms with Crippen molar-refractivity contribution in [2.75, 3.05) is 13.1 Å². The molecule has 1 aliphatic rings. The predicted octanol–water partition coefficient (Wildman–Crippen LogP) is 6.59. The highest BCUT2D eigenvalue weighted by Crippen LogP contribution is 2.30. The SMILES string of the molecule is CC(C)c1ccc(CN2CCC(NC(=O)c3ccc(-c4cccc(Cl)c4)s3)CC2)cc1. The molecule has 1 aliphatic heterocycles. The number of hydrogen-bond acceptors (Lipinski definition) is 3. The molecule has 0 spiro atoms. The normalized spacial score (nSPS) is 15.4. The van der Waals surface area contributed by atoms with Crippen molar-refractivity contribution in [3.8, 4) is 10.4 Å². The molecule has 0 aliphatic carbocycles. The molecule has 1 amide bonds. The van der Waals surface area contributed by atoms with Crippen LogP contribution in [0.25, 0.3) is 10.4 Å². The first-order chi connectivity index (χ1) is 15.0. The zero-order valence-corrected chi connectivity index (χ0v) is 19.7. The smallest absolute Gasteiger partial charge is 0.261 e. The topological polar surface area (TPSA) is 32.3 Å². The fraction of sp³-hybridized carbons (Fsp3) is 0.346. The van der Waals surface area contributed by atoms with E-state index in [2.05, 4.69) is 48.3 Å². The molecule has 2 heterocycles. The van der Waals surface area contributed by atoms with Gasteiger partial charge in [0.05, 0.1) is 4.88 Å². The lowest BCUT2D eigenvalue weighted by Gasteiger charge is -2.32. The summed E-state index contributed by atoms with van der Waals surface area (Å²) >= 11 is 7.61. The van der Waals surface area contributed by atoms with Crippen molar-refractivity contribution in [3.05, 3.63) is 81.7 Å². The van der Waals surface area contributed by atoms with Crippen molar-refractivity contribution < 1.29 is 4.79 Å². The number of halogens is 1. The summed E-state index contributed by atoms with van der Waals surface area (Å²) in [7, 11) is 0. The summed E-state index contributed by atoms with van der Waals surface area (Å²) in [6, 6.07) is 20.9. The van der Waals surface area contributed by atoms with Crippen LogP contribution >= 0.6 is 22.9 Å². The first kappa shape index (κ1) is 22.1. The van der Waals surface area contributed by atoms with Crippen molar-refractivity contribution >= 4 is 28.8 Å². The Balaban J connectivity index is 1.27. The monoisotopic (exact) mass is 452 g/mol. The van der Waals surface area contributed by atoms with Gasteiger partial charge in [0.2, 0.25) is 0 Å². The molecule has 3 nitrogen and oxygen atoms in total. The van der Waals surface area contributed by atoms with Gasteiger partial charge in [-0.1, -0.05) is 61.8 Å². The van der Waals surface area contributed by atoms with Gasteiger partial charge in [0.25, 0.3) is 5.91 Å². The van der Waals surface area contributed by atoms with Crippen molar-refractivity contribution in [1.82, 2.24) is 10.2 Å². The van der Waals surface area contributed by atoms with Gasteiger partial charge in [0, 0.05) is 35.6 Å². The van der Waals surface area contributed by atoms with E-state index >= 15 is 0 Å². The molecular formula is C26H29ClN2OS. The van der Waals surface area contributed by atoms with E-state index in [-0.39, 0.29) is 11.9 Å². The summed E-state index contributed by atoms with van der Waals surface area (Å²) in [5, 5.41) is 3.94. The molecular weight excluding hydrogens is 424 g/mol. The molecule has 1 saturated heterocycles. The van der Waals surface area contributed by atoms with Crippen LogP contribution in [0.4, 0.5) is 0 Å². The molecule has 1 fully saturated rings. The van der Waals surface area contributed by atoms with Gasteiger partial charge in [-0.3, -0.25) is 9.69 Å². The second-order valence-corrected chi connectivity index (χ2v) is 10.1. The zero-order valence-electron chi connectivity index (χ0n) is 18.1. The van der Waals surface area contributed by atoms with E-state index in [1.165, 1.54) is 22.5 Å². The van der Waals surface area contributed by atoms with E-state index in [1.54, 1.807) is 0 Å². The Morgan fingerprint density at radius 3 is 2.52 bits per heavy atom. The van der Waals surface area contributed by atoms with Gasteiger partial charge in [0.15, 0.2) is 0 Å². The maximum atomic E-state index is 12.7. The third kappa shape index (κ3) is 5.76. The van der Waals surface area contributed by atoms with E-state index in [4.69, 9.17) is 11.6 Å². The molecule has 0 saturated carbocycles. The lowest BCUT2D eigenvalue weighted by Crippen LogP contribution is -2.44. The molecule has 2 aromatic carbocycles. The summed E-state index contributed by atoms with van der Waals surface area (Å²) < 4.78 is 0. The molecule has 1 N–H and O–H groups in total. The summed E-state index contributed by atoms with van der Waals surface area (Å²) in [5.74, 6) is 0.597. The molecule has 5 heteroatoms. The van der Waals surface area contributed by atoms with Crippen LogP contribution < -0.4 is 5.32 Å². The number of amides is 1. The highest BCUT2D eigenvalue weighted by atomic mass is 35.5. The van der Waals surface area contributed by atoms with Gasteiger partial charge in [-0.05, 0) is 59.7 Å². The van der Waals surface area contributed by atoms with Crippen molar-refractivity contribution in [1.29, 1.82) is 0 Å². The molecule has 0 atom stereocenters. The van der Waals surface area contributed by atoms with Gasteiger partial charge in [-0.2, -0.15) is 0 Å². The Morgan fingerprint density at radius 2 is 1.84 bits per heavy atom. The number of rotatable bonds is 6. The number of carbonyl (C=O) groups is 1. The van der Waals surface area contributed by atoms with Crippen molar-refractivity contribution in [2.45, 2.75) is 45.2 Å². The molecule has 0 unspecified atom stereocenters. The second kappa shape index (κ2) is 9.99. The lowest BCUT2D eigenvalue weighted by atomic mass is 10.0. The number of piperidine rings is 1. The van der Waals surface area contributed by atoms with Crippen LogP contribution in [0.3, 0.4) is 0 Å². The van der Waals surface area contributed by atoms with Crippen LogP contribution in [0.1, 0.15) is 53.4 Å². The van der Waals surface area contributed by atoms with Gasteiger partial charge >= 0.3 is 0 Å². The van der Waals surface area contributed by atoms with Crippen LogP contribution in [0.5, 0.6) is 0 Å². The number of likely N-dealkylation sites (tertiary alicyclic amines) is 1. The third-order valence-corrected chi connectivity index (χ3v) is 7.28. The van der Waals surface area contributed by atoms with Crippen LogP contribution in [-0.2, 0) is 6.54 Å². The Bertz CT molecular complexity index is 1020. The minimum Gasteiger partial charge on any atom is -0.349 e. The Hall–Kier alpha value is -2.14. The standard InChI is InChI=1S/C26H29ClN2OS/c1-18(2)20-8-6-19(7-9-20)17-29-14-12-23(13-15-29)28-26(30)25-11-10-24(31-25)21-4-3-5-22(27)16-21/h3-11,16,18,23H,12-15,17H2,1-2H3,(H,28,30). The number of nitrogens with one attached hydrogen (secondary N) is 1. The maximum absolute atomic E-state index is 12.7. The first-order valence-corrected chi connectivity index (χ1v) is 12.2. The molecule has 1 aromatic heterocycles. The van der Waals surface area contributed by atoms with E-state index in [0.717, 1.165) is 47.8 Å². The second-order valence-electron chi connectivity index (χ2n) is 8.59. The fourth-order valence-corrected chi connectivity index (χ4v) is 5.11. The predicted molar refractivity (Wildman–Crippen MR) is 131 cm³/mol. The largest absolute Gasteiger partial charge is 0.349 e. The van der Waals surface area contributed by atoms with E-state index < -0.39 is 0 Å². The van der Waals surface area contributed by atoms with Crippen LogP contribution in [-0.4, -0.2) is 29.9 Å².